The van der Waals surface area contributed by atoms with E-state index in [4.69, 9.17) is 5.11 Å². The van der Waals surface area contributed by atoms with Gasteiger partial charge in [-0.25, -0.2) is 0 Å². The number of aliphatic carboxylic acids is 1. The van der Waals surface area contributed by atoms with Gasteiger partial charge in [0.05, 0.1) is 0 Å². The van der Waals surface area contributed by atoms with Crippen LogP contribution in [-0.2, 0) is 9.59 Å². The normalized spacial score (nSPS) is 18.4. The molecule has 2 aliphatic rings. The van der Waals surface area contributed by atoms with Crippen molar-refractivity contribution in [2.45, 2.75) is 44.9 Å². The summed E-state index contributed by atoms with van der Waals surface area (Å²) < 4.78 is 0. The third kappa shape index (κ3) is 3.00. The number of amides is 1. The zero-order valence-electron chi connectivity index (χ0n) is 10.5. The summed E-state index contributed by atoms with van der Waals surface area (Å²) in [6, 6.07) is 0. The van der Waals surface area contributed by atoms with E-state index in [0.29, 0.717) is 13.0 Å². The lowest BCUT2D eigenvalue weighted by Crippen LogP contribution is -2.27. The van der Waals surface area contributed by atoms with Crippen LogP contribution in [0.3, 0.4) is 0 Å². The first-order valence-electron chi connectivity index (χ1n) is 6.62. The van der Waals surface area contributed by atoms with Gasteiger partial charge in [-0.3, -0.25) is 9.59 Å². The summed E-state index contributed by atoms with van der Waals surface area (Å²) in [7, 11) is 0. The Morgan fingerprint density at radius 1 is 1.22 bits per heavy atom. The number of allylic oxidation sites excluding steroid dienone is 2. The summed E-state index contributed by atoms with van der Waals surface area (Å²) >= 11 is 0. The zero-order valence-corrected chi connectivity index (χ0v) is 10.5. The average molecular weight is 249 g/mol. The minimum Gasteiger partial charge on any atom is -0.481 e. The molecule has 1 heterocycles. The predicted octanol–water partition coefficient (Wildman–Crippen LogP) is 2.47. The standard InChI is InChI=1S/C14H19NO3/c16-13-9-8-12(11-5-4-6-11)15(13)10-3-1-2-7-14(17)18/h8-9H,1-7,10H2,(H,17,18). The number of nitrogens with zero attached hydrogens (tertiary/aromatic N) is 1. The van der Waals surface area contributed by atoms with Gasteiger partial charge in [-0.15, -0.1) is 0 Å². The van der Waals surface area contributed by atoms with Crippen molar-refractivity contribution in [1.82, 2.24) is 4.90 Å². The van der Waals surface area contributed by atoms with E-state index < -0.39 is 5.97 Å². The predicted molar refractivity (Wildman–Crippen MR) is 67.8 cm³/mol. The van der Waals surface area contributed by atoms with Crippen molar-refractivity contribution >= 4 is 11.9 Å². The van der Waals surface area contributed by atoms with E-state index in [-0.39, 0.29) is 12.3 Å². The monoisotopic (exact) mass is 249 g/mol. The summed E-state index contributed by atoms with van der Waals surface area (Å²) in [5, 5.41) is 8.54. The highest BCUT2D eigenvalue weighted by atomic mass is 16.4. The van der Waals surface area contributed by atoms with E-state index in [9.17, 15) is 9.59 Å². The van der Waals surface area contributed by atoms with Crippen molar-refractivity contribution < 1.29 is 14.7 Å². The Labute approximate surface area is 107 Å². The van der Waals surface area contributed by atoms with E-state index >= 15 is 0 Å². The van der Waals surface area contributed by atoms with Gasteiger partial charge in [0.1, 0.15) is 0 Å². The Kier molecular flexibility index (Phi) is 4.18. The molecule has 0 radical (unpaired) electrons. The Balaban J connectivity index is 1.77. The number of unbranched alkanes of at least 4 members (excludes halogenated alkanes) is 2. The van der Waals surface area contributed by atoms with Gasteiger partial charge in [0, 0.05) is 24.7 Å². The molecule has 0 atom stereocenters. The van der Waals surface area contributed by atoms with Crippen LogP contribution in [0.1, 0.15) is 44.9 Å². The van der Waals surface area contributed by atoms with Crippen LogP contribution in [0.5, 0.6) is 0 Å². The Morgan fingerprint density at radius 2 is 2.00 bits per heavy atom. The Hall–Kier alpha value is -1.58. The van der Waals surface area contributed by atoms with Crippen LogP contribution in [0.4, 0.5) is 0 Å². The second-order valence-electron chi connectivity index (χ2n) is 4.87. The van der Waals surface area contributed by atoms with Gasteiger partial charge >= 0.3 is 5.97 Å². The average Bonchev–Trinajstić information content (AvgIpc) is 2.58. The van der Waals surface area contributed by atoms with Gasteiger partial charge in [-0.2, -0.15) is 0 Å². The topological polar surface area (TPSA) is 57.6 Å². The fourth-order valence-electron chi connectivity index (χ4n) is 2.32. The number of carbonyl (C=O) groups is 2. The third-order valence-electron chi connectivity index (χ3n) is 3.53. The molecule has 1 amide bonds. The molecule has 2 rings (SSSR count). The lowest BCUT2D eigenvalue weighted by molar-refractivity contribution is -0.137. The summed E-state index contributed by atoms with van der Waals surface area (Å²) in [6.07, 6.45) is 9.66. The molecule has 0 saturated heterocycles. The van der Waals surface area contributed by atoms with Crippen molar-refractivity contribution in [3.63, 3.8) is 0 Å². The van der Waals surface area contributed by atoms with Gasteiger partial charge < -0.3 is 10.0 Å². The minimum absolute atomic E-state index is 0.0719. The molecular weight excluding hydrogens is 230 g/mol. The molecule has 18 heavy (non-hydrogen) atoms. The number of hydrogen-bond acceptors (Lipinski definition) is 2. The molecular formula is C14H19NO3. The van der Waals surface area contributed by atoms with Gasteiger partial charge in [0.2, 0.25) is 0 Å². The van der Waals surface area contributed by atoms with Crippen LogP contribution in [0, 0.1) is 0 Å². The molecule has 1 N–H and O–H groups in total. The first-order chi connectivity index (χ1) is 8.68. The number of carboxylic acids is 1. The molecule has 0 aromatic carbocycles. The van der Waals surface area contributed by atoms with Crippen molar-refractivity contribution in [3.05, 3.63) is 23.4 Å². The Morgan fingerprint density at radius 3 is 2.61 bits per heavy atom. The SMILES string of the molecule is O=C(O)CCCCCN1C(=O)C=CC1=C1CCC1. The summed E-state index contributed by atoms with van der Waals surface area (Å²) in [5.41, 5.74) is 2.49. The first kappa shape index (κ1) is 12.9. The molecule has 0 unspecified atom stereocenters. The van der Waals surface area contributed by atoms with Crippen molar-refractivity contribution in [1.29, 1.82) is 0 Å². The molecule has 0 aromatic rings. The molecule has 4 heteroatoms. The third-order valence-corrected chi connectivity index (χ3v) is 3.53. The number of carboxylic acid groups (broad SMARTS) is 1. The second kappa shape index (κ2) is 5.85. The fourth-order valence-corrected chi connectivity index (χ4v) is 2.32. The van der Waals surface area contributed by atoms with E-state index in [1.165, 1.54) is 12.0 Å². The lowest BCUT2D eigenvalue weighted by atomic mass is 9.90. The zero-order chi connectivity index (χ0) is 13.0. The molecule has 0 spiro atoms. The van der Waals surface area contributed by atoms with E-state index in [0.717, 1.165) is 31.4 Å². The van der Waals surface area contributed by atoms with Crippen LogP contribution >= 0.6 is 0 Å². The highest BCUT2D eigenvalue weighted by molar-refractivity contribution is 5.93. The molecule has 1 saturated carbocycles. The Bertz CT molecular complexity index is 403. The van der Waals surface area contributed by atoms with Gasteiger partial charge in [0.15, 0.2) is 0 Å². The van der Waals surface area contributed by atoms with E-state index in [1.807, 2.05) is 11.0 Å². The van der Waals surface area contributed by atoms with Gasteiger partial charge in [-0.05, 0) is 43.8 Å². The summed E-state index contributed by atoms with van der Waals surface area (Å²) in [5.74, 6) is -0.672. The number of hydrogen-bond donors (Lipinski definition) is 1. The maximum atomic E-state index is 11.7. The minimum atomic E-state index is -0.744. The summed E-state index contributed by atoms with van der Waals surface area (Å²) in [4.78, 5) is 23.9. The molecule has 0 aromatic heterocycles. The first-order valence-corrected chi connectivity index (χ1v) is 6.62. The quantitative estimate of drug-likeness (QED) is 0.736. The number of carbonyl (C=O) groups excluding carboxylic acids is 1. The highest BCUT2D eigenvalue weighted by Crippen LogP contribution is 2.33. The highest BCUT2D eigenvalue weighted by Gasteiger charge is 2.25. The van der Waals surface area contributed by atoms with Gasteiger partial charge in [0.25, 0.3) is 5.91 Å². The molecule has 1 aliphatic heterocycles. The molecule has 1 fully saturated rings. The second-order valence-corrected chi connectivity index (χ2v) is 4.87. The van der Waals surface area contributed by atoms with Crippen LogP contribution in [0.2, 0.25) is 0 Å². The van der Waals surface area contributed by atoms with E-state index in [1.54, 1.807) is 6.08 Å². The lowest BCUT2D eigenvalue weighted by Gasteiger charge is -2.26. The van der Waals surface area contributed by atoms with Crippen molar-refractivity contribution in [2.24, 2.45) is 0 Å². The maximum absolute atomic E-state index is 11.7. The summed E-state index contributed by atoms with van der Waals surface area (Å²) in [6.45, 7) is 0.713. The van der Waals surface area contributed by atoms with Crippen LogP contribution in [0.25, 0.3) is 0 Å². The molecule has 98 valence electrons. The molecule has 0 bridgehead atoms. The van der Waals surface area contributed by atoms with Crippen LogP contribution in [-0.4, -0.2) is 28.4 Å². The fraction of sp³-hybridized carbons (Fsp3) is 0.571. The largest absolute Gasteiger partial charge is 0.481 e. The van der Waals surface area contributed by atoms with E-state index in [2.05, 4.69) is 0 Å². The van der Waals surface area contributed by atoms with Crippen molar-refractivity contribution in [3.8, 4) is 0 Å². The molecule has 4 nitrogen and oxygen atoms in total. The van der Waals surface area contributed by atoms with Gasteiger partial charge in [-0.1, -0.05) is 6.42 Å². The van der Waals surface area contributed by atoms with Crippen molar-refractivity contribution in [2.75, 3.05) is 6.54 Å². The van der Waals surface area contributed by atoms with Crippen LogP contribution in [0.15, 0.2) is 23.4 Å². The smallest absolute Gasteiger partial charge is 0.303 e. The number of rotatable bonds is 6. The van der Waals surface area contributed by atoms with Crippen LogP contribution < -0.4 is 0 Å². The maximum Gasteiger partial charge on any atom is 0.303 e. The molecule has 1 aliphatic carbocycles.